The molecule has 1 aromatic rings. The van der Waals surface area contributed by atoms with Crippen molar-refractivity contribution in [2.24, 2.45) is 0 Å². The van der Waals surface area contributed by atoms with Crippen molar-refractivity contribution in [1.29, 1.82) is 0 Å². The van der Waals surface area contributed by atoms with Crippen LogP contribution < -0.4 is 10.1 Å². The van der Waals surface area contributed by atoms with E-state index in [4.69, 9.17) is 4.74 Å². The summed E-state index contributed by atoms with van der Waals surface area (Å²) in [5.41, 5.74) is 2.62. The molecule has 2 unspecified atom stereocenters. The Morgan fingerprint density at radius 1 is 1.32 bits per heavy atom. The third-order valence-corrected chi connectivity index (χ3v) is 3.95. The quantitative estimate of drug-likeness (QED) is 0.849. The van der Waals surface area contributed by atoms with Crippen LogP contribution in [0.25, 0.3) is 0 Å². The van der Waals surface area contributed by atoms with Crippen LogP contribution in [0.2, 0.25) is 0 Å². The van der Waals surface area contributed by atoms with Gasteiger partial charge in [0.25, 0.3) is 0 Å². The molecule has 2 rings (SSSR count). The van der Waals surface area contributed by atoms with Crippen LogP contribution in [0, 0.1) is 6.92 Å². The summed E-state index contributed by atoms with van der Waals surface area (Å²) < 4.78 is 6.29. The van der Waals surface area contributed by atoms with Crippen molar-refractivity contribution in [3.05, 3.63) is 29.3 Å². The Morgan fingerprint density at radius 2 is 2.11 bits per heavy atom. The van der Waals surface area contributed by atoms with E-state index in [2.05, 4.69) is 51.2 Å². The van der Waals surface area contributed by atoms with E-state index < -0.39 is 0 Å². The van der Waals surface area contributed by atoms with Gasteiger partial charge in [0.15, 0.2) is 0 Å². The first-order valence-electron chi connectivity index (χ1n) is 7.61. The minimum atomic E-state index is -0.0254. The fraction of sp³-hybridized carbons (Fsp3) is 0.647. The highest BCUT2D eigenvalue weighted by Gasteiger charge is 2.36. The molecule has 0 spiro atoms. The molecule has 1 aliphatic rings. The van der Waals surface area contributed by atoms with E-state index in [1.54, 1.807) is 0 Å². The summed E-state index contributed by atoms with van der Waals surface area (Å²) in [5.74, 6) is 1.07. The minimum Gasteiger partial charge on any atom is -0.487 e. The number of ether oxygens (including phenoxy) is 1. The van der Waals surface area contributed by atoms with Gasteiger partial charge in [-0.3, -0.25) is 0 Å². The zero-order valence-electron chi connectivity index (χ0n) is 12.8. The van der Waals surface area contributed by atoms with E-state index in [-0.39, 0.29) is 5.60 Å². The summed E-state index contributed by atoms with van der Waals surface area (Å²) >= 11 is 0. The number of hydrogen-bond donors (Lipinski definition) is 1. The van der Waals surface area contributed by atoms with Gasteiger partial charge < -0.3 is 10.1 Å². The van der Waals surface area contributed by atoms with Crippen LogP contribution in [0.15, 0.2) is 18.2 Å². The van der Waals surface area contributed by atoms with Crippen LogP contribution in [0.5, 0.6) is 5.75 Å². The van der Waals surface area contributed by atoms with Crippen molar-refractivity contribution in [2.75, 3.05) is 6.54 Å². The molecule has 0 amide bonds. The maximum Gasteiger partial charge on any atom is 0.124 e. The lowest BCUT2D eigenvalue weighted by molar-refractivity contribution is 0.0390. The van der Waals surface area contributed by atoms with Gasteiger partial charge in [0, 0.05) is 18.0 Å². The van der Waals surface area contributed by atoms with E-state index in [0.717, 1.165) is 31.6 Å². The van der Waals surface area contributed by atoms with Gasteiger partial charge in [0.05, 0.1) is 0 Å². The predicted molar refractivity (Wildman–Crippen MR) is 80.8 cm³/mol. The van der Waals surface area contributed by atoms with Crippen LogP contribution in [0.4, 0.5) is 0 Å². The van der Waals surface area contributed by atoms with Gasteiger partial charge >= 0.3 is 0 Å². The molecule has 0 aromatic heterocycles. The average molecular weight is 261 g/mol. The summed E-state index contributed by atoms with van der Waals surface area (Å²) in [5, 5.41) is 3.69. The monoisotopic (exact) mass is 261 g/mol. The molecule has 0 fully saturated rings. The summed E-state index contributed by atoms with van der Waals surface area (Å²) in [6.07, 6.45) is 4.52. The first-order chi connectivity index (χ1) is 9.08. The van der Waals surface area contributed by atoms with E-state index >= 15 is 0 Å². The molecular formula is C17H27NO. The van der Waals surface area contributed by atoms with Crippen LogP contribution in [0.3, 0.4) is 0 Å². The smallest absolute Gasteiger partial charge is 0.124 e. The molecule has 1 aliphatic heterocycles. The summed E-state index contributed by atoms with van der Waals surface area (Å²) in [4.78, 5) is 0. The molecular weight excluding hydrogens is 234 g/mol. The molecule has 0 saturated heterocycles. The van der Waals surface area contributed by atoms with E-state index in [1.165, 1.54) is 17.5 Å². The van der Waals surface area contributed by atoms with Crippen LogP contribution in [-0.4, -0.2) is 12.1 Å². The number of fused-ring (bicyclic) bond motifs is 1. The predicted octanol–water partition coefficient (Wildman–Crippen LogP) is 4.38. The molecule has 1 N–H and O–H groups in total. The fourth-order valence-corrected chi connectivity index (χ4v) is 3.06. The van der Waals surface area contributed by atoms with Gasteiger partial charge in [-0.1, -0.05) is 38.0 Å². The van der Waals surface area contributed by atoms with Crippen LogP contribution in [0.1, 0.15) is 63.6 Å². The maximum atomic E-state index is 6.29. The molecule has 1 heterocycles. The van der Waals surface area contributed by atoms with Crippen LogP contribution in [-0.2, 0) is 0 Å². The highest BCUT2D eigenvalue weighted by molar-refractivity contribution is 5.41. The third kappa shape index (κ3) is 3.30. The lowest BCUT2D eigenvalue weighted by atomic mass is 9.85. The molecule has 19 heavy (non-hydrogen) atoms. The molecule has 0 aliphatic carbocycles. The number of rotatable bonds is 5. The molecule has 0 radical (unpaired) electrons. The summed E-state index contributed by atoms with van der Waals surface area (Å²) in [7, 11) is 0. The first-order valence-corrected chi connectivity index (χ1v) is 7.61. The van der Waals surface area contributed by atoms with Crippen molar-refractivity contribution in [1.82, 2.24) is 5.32 Å². The number of benzene rings is 1. The fourth-order valence-electron chi connectivity index (χ4n) is 3.06. The van der Waals surface area contributed by atoms with Gasteiger partial charge in [-0.05, 0) is 39.3 Å². The summed E-state index contributed by atoms with van der Waals surface area (Å²) in [6, 6.07) is 6.99. The largest absolute Gasteiger partial charge is 0.487 e. The van der Waals surface area contributed by atoms with Crippen molar-refractivity contribution in [3.8, 4) is 5.75 Å². The Labute approximate surface area is 117 Å². The molecule has 106 valence electrons. The zero-order valence-corrected chi connectivity index (χ0v) is 12.8. The summed E-state index contributed by atoms with van der Waals surface area (Å²) in [6.45, 7) is 9.92. The number of nitrogens with one attached hydrogen (secondary N) is 1. The normalized spacial score (nSPS) is 25.8. The van der Waals surface area contributed by atoms with Gasteiger partial charge in [0.1, 0.15) is 11.4 Å². The highest BCUT2D eigenvalue weighted by atomic mass is 16.5. The van der Waals surface area contributed by atoms with Crippen LogP contribution >= 0.6 is 0 Å². The second-order valence-corrected chi connectivity index (χ2v) is 6.05. The van der Waals surface area contributed by atoms with Gasteiger partial charge in [0.2, 0.25) is 0 Å². The van der Waals surface area contributed by atoms with Crippen molar-refractivity contribution in [2.45, 2.75) is 65.0 Å². The molecule has 2 heteroatoms. The van der Waals surface area contributed by atoms with Gasteiger partial charge in [-0.2, -0.15) is 0 Å². The Balaban J connectivity index is 2.29. The van der Waals surface area contributed by atoms with Crippen molar-refractivity contribution in [3.63, 3.8) is 0 Å². The second kappa shape index (κ2) is 5.96. The molecule has 1 aromatic carbocycles. The van der Waals surface area contributed by atoms with Gasteiger partial charge in [-0.15, -0.1) is 0 Å². The zero-order chi connectivity index (χ0) is 13.9. The van der Waals surface area contributed by atoms with Crippen molar-refractivity contribution < 1.29 is 4.74 Å². The Bertz CT molecular complexity index is 429. The average Bonchev–Trinajstić information content (AvgIpc) is 2.37. The topological polar surface area (TPSA) is 21.3 Å². The van der Waals surface area contributed by atoms with E-state index in [1.807, 2.05) is 0 Å². The molecule has 2 nitrogen and oxygen atoms in total. The lowest BCUT2D eigenvalue weighted by Crippen LogP contribution is -2.42. The molecule has 0 bridgehead atoms. The second-order valence-electron chi connectivity index (χ2n) is 6.05. The highest BCUT2D eigenvalue weighted by Crippen LogP contribution is 2.41. The Hall–Kier alpha value is -1.02. The molecule has 2 atom stereocenters. The Morgan fingerprint density at radius 3 is 2.79 bits per heavy atom. The number of hydrogen-bond acceptors (Lipinski definition) is 2. The maximum absolute atomic E-state index is 6.29. The SMILES string of the molecule is CCCNC1CC(C)(CCC)Oc2ccc(C)cc21. The number of aryl methyl sites for hydroxylation is 1. The minimum absolute atomic E-state index is 0.0254. The third-order valence-electron chi connectivity index (χ3n) is 3.95. The van der Waals surface area contributed by atoms with Crippen molar-refractivity contribution >= 4 is 0 Å². The van der Waals surface area contributed by atoms with Gasteiger partial charge in [-0.25, -0.2) is 0 Å². The first kappa shape index (κ1) is 14.4. The standard InChI is InChI=1S/C17H27NO/c1-5-9-17(4)12-15(18-10-6-2)14-11-13(3)7-8-16(14)19-17/h7-8,11,15,18H,5-6,9-10,12H2,1-4H3. The van der Waals surface area contributed by atoms with E-state index in [0.29, 0.717) is 6.04 Å². The Kier molecular flexibility index (Phi) is 4.51. The van der Waals surface area contributed by atoms with E-state index in [9.17, 15) is 0 Å². The lowest BCUT2D eigenvalue weighted by Gasteiger charge is -2.40. The molecule has 0 saturated carbocycles.